The van der Waals surface area contributed by atoms with Crippen molar-refractivity contribution in [2.24, 2.45) is 5.73 Å². The van der Waals surface area contributed by atoms with Gasteiger partial charge < -0.3 is 10.6 Å². The van der Waals surface area contributed by atoms with Gasteiger partial charge in [0, 0.05) is 31.0 Å². The lowest BCUT2D eigenvalue weighted by molar-refractivity contribution is -0.131. The monoisotopic (exact) mass is 298 g/mol. The third kappa shape index (κ3) is 6.03. The molecule has 0 fully saturated rings. The van der Waals surface area contributed by atoms with E-state index in [0.717, 1.165) is 12.0 Å². The second-order valence-corrected chi connectivity index (χ2v) is 5.37. The summed E-state index contributed by atoms with van der Waals surface area (Å²) in [4.78, 5) is 14.3. The van der Waals surface area contributed by atoms with Gasteiger partial charge in [-0.3, -0.25) is 4.79 Å². The van der Waals surface area contributed by atoms with E-state index < -0.39 is 0 Å². The molecule has 0 aliphatic rings. The van der Waals surface area contributed by atoms with Crippen molar-refractivity contribution < 1.29 is 4.79 Å². The molecule has 0 aromatic heterocycles. The highest BCUT2D eigenvalue weighted by atomic mass is 35.5. The fourth-order valence-corrected chi connectivity index (χ4v) is 1.94. The standard InChI is InChI=1S/C14H19ClN2OS/c1-2-3-14(18)17(9-8-13(16)19)10-11-4-6-12(15)7-5-11/h4-7H,2-3,8-10H2,1H3,(H2,16,19). The molecule has 0 bridgehead atoms. The van der Waals surface area contributed by atoms with Crippen molar-refractivity contribution in [1.82, 2.24) is 4.90 Å². The molecule has 0 saturated heterocycles. The Bertz CT molecular complexity index is 434. The molecule has 1 aromatic carbocycles. The van der Waals surface area contributed by atoms with Crippen LogP contribution in [0.3, 0.4) is 0 Å². The molecule has 3 nitrogen and oxygen atoms in total. The molecule has 0 aliphatic carbocycles. The molecule has 1 rings (SSSR count). The molecule has 104 valence electrons. The summed E-state index contributed by atoms with van der Waals surface area (Å²) in [5.74, 6) is 0.133. The Morgan fingerprint density at radius 2 is 1.95 bits per heavy atom. The maximum absolute atomic E-state index is 12.0. The number of hydrogen-bond acceptors (Lipinski definition) is 2. The van der Waals surface area contributed by atoms with E-state index in [9.17, 15) is 4.79 Å². The average molecular weight is 299 g/mol. The number of nitrogens with two attached hydrogens (primary N) is 1. The van der Waals surface area contributed by atoms with Crippen LogP contribution in [0.25, 0.3) is 0 Å². The number of amides is 1. The van der Waals surface area contributed by atoms with Crippen molar-refractivity contribution >= 4 is 34.7 Å². The Hall–Kier alpha value is -1.13. The third-order valence-electron chi connectivity index (χ3n) is 2.73. The third-order valence-corrected chi connectivity index (χ3v) is 3.19. The van der Waals surface area contributed by atoms with Gasteiger partial charge in [0.25, 0.3) is 0 Å². The van der Waals surface area contributed by atoms with Gasteiger partial charge in [0.05, 0.1) is 4.99 Å². The Balaban J connectivity index is 2.69. The Morgan fingerprint density at radius 3 is 2.47 bits per heavy atom. The molecule has 0 radical (unpaired) electrons. The highest BCUT2D eigenvalue weighted by Gasteiger charge is 2.13. The SMILES string of the molecule is CCCC(=O)N(CCC(N)=S)Cc1ccc(Cl)cc1. The quantitative estimate of drug-likeness (QED) is 0.787. The number of halogens is 1. The van der Waals surface area contributed by atoms with Crippen LogP contribution in [0.1, 0.15) is 31.7 Å². The first kappa shape index (κ1) is 15.9. The van der Waals surface area contributed by atoms with E-state index in [1.807, 2.05) is 31.2 Å². The minimum absolute atomic E-state index is 0.133. The van der Waals surface area contributed by atoms with E-state index in [4.69, 9.17) is 29.6 Å². The Kier molecular flexibility index (Phi) is 6.81. The van der Waals surface area contributed by atoms with Gasteiger partial charge in [-0.2, -0.15) is 0 Å². The van der Waals surface area contributed by atoms with Gasteiger partial charge in [-0.25, -0.2) is 0 Å². The summed E-state index contributed by atoms with van der Waals surface area (Å²) < 4.78 is 0. The summed E-state index contributed by atoms with van der Waals surface area (Å²) in [7, 11) is 0. The minimum Gasteiger partial charge on any atom is -0.393 e. The van der Waals surface area contributed by atoms with E-state index in [2.05, 4.69) is 0 Å². The topological polar surface area (TPSA) is 46.3 Å². The van der Waals surface area contributed by atoms with E-state index >= 15 is 0 Å². The zero-order valence-electron chi connectivity index (χ0n) is 11.1. The van der Waals surface area contributed by atoms with Crippen molar-refractivity contribution in [2.45, 2.75) is 32.7 Å². The number of thiocarbonyl (C=S) groups is 1. The highest BCUT2D eigenvalue weighted by molar-refractivity contribution is 7.80. The van der Waals surface area contributed by atoms with Gasteiger partial charge in [-0.15, -0.1) is 0 Å². The molecule has 1 aromatic rings. The van der Waals surface area contributed by atoms with Crippen molar-refractivity contribution in [2.75, 3.05) is 6.54 Å². The Labute approximate surface area is 124 Å². The second-order valence-electron chi connectivity index (χ2n) is 4.41. The predicted molar refractivity (Wildman–Crippen MR) is 83.2 cm³/mol. The molecular formula is C14H19ClN2OS. The van der Waals surface area contributed by atoms with Crippen LogP contribution in [-0.2, 0) is 11.3 Å². The molecule has 0 heterocycles. The molecular weight excluding hydrogens is 280 g/mol. The Morgan fingerprint density at radius 1 is 1.32 bits per heavy atom. The molecule has 5 heteroatoms. The van der Waals surface area contributed by atoms with Gasteiger partial charge in [0.15, 0.2) is 0 Å². The molecule has 0 spiro atoms. The van der Waals surface area contributed by atoms with E-state index in [1.165, 1.54) is 0 Å². The second kappa shape index (κ2) is 8.12. The molecule has 19 heavy (non-hydrogen) atoms. The van der Waals surface area contributed by atoms with E-state index in [1.54, 1.807) is 4.90 Å². The lowest BCUT2D eigenvalue weighted by Gasteiger charge is -2.22. The van der Waals surface area contributed by atoms with Crippen molar-refractivity contribution in [3.8, 4) is 0 Å². The van der Waals surface area contributed by atoms with Gasteiger partial charge in [0.1, 0.15) is 0 Å². The number of nitrogens with zero attached hydrogens (tertiary/aromatic N) is 1. The first-order chi connectivity index (χ1) is 9.02. The van der Waals surface area contributed by atoms with Crippen molar-refractivity contribution in [3.63, 3.8) is 0 Å². The normalized spacial score (nSPS) is 10.2. The predicted octanol–water partition coefficient (Wildman–Crippen LogP) is 3.14. The van der Waals surface area contributed by atoms with E-state index in [-0.39, 0.29) is 5.91 Å². The van der Waals surface area contributed by atoms with Gasteiger partial charge in [-0.05, 0) is 24.1 Å². The molecule has 0 aliphatic heterocycles. The number of hydrogen-bond donors (Lipinski definition) is 1. The van der Waals surface area contributed by atoms with Crippen LogP contribution in [0.4, 0.5) is 0 Å². The molecule has 0 saturated carbocycles. The van der Waals surface area contributed by atoms with Gasteiger partial charge >= 0.3 is 0 Å². The number of carbonyl (C=O) groups excluding carboxylic acids is 1. The smallest absolute Gasteiger partial charge is 0.222 e. The zero-order chi connectivity index (χ0) is 14.3. The average Bonchev–Trinajstić information content (AvgIpc) is 2.36. The molecule has 0 atom stereocenters. The van der Waals surface area contributed by atoms with Gasteiger partial charge in [-0.1, -0.05) is 42.9 Å². The van der Waals surface area contributed by atoms with Gasteiger partial charge in [0.2, 0.25) is 5.91 Å². The van der Waals surface area contributed by atoms with Crippen molar-refractivity contribution in [1.29, 1.82) is 0 Å². The summed E-state index contributed by atoms with van der Waals surface area (Å²) in [5.41, 5.74) is 6.56. The number of carbonyl (C=O) groups is 1. The largest absolute Gasteiger partial charge is 0.393 e. The van der Waals surface area contributed by atoms with Crippen molar-refractivity contribution in [3.05, 3.63) is 34.9 Å². The fraction of sp³-hybridized carbons (Fsp3) is 0.429. The summed E-state index contributed by atoms with van der Waals surface area (Å²) in [6.07, 6.45) is 1.94. The molecule has 1 amide bonds. The first-order valence-electron chi connectivity index (χ1n) is 6.33. The minimum atomic E-state index is 0.133. The van der Waals surface area contributed by atoms with Crippen LogP contribution in [0, 0.1) is 0 Å². The molecule has 0 unspecified atom stereocenters. The summed E-state index contributed by atoms with van der Waals surface area (Å²) in [5, 5.41) is 0.693. The van der Waals surface area contributed by atoms with E-state index in [0.29, 0.717) is 35.9 Å². The van der Waals surface area contributed by atoms with Crippen LogP contribution >= 0.6 is 23.8 Å². The molecule has 2 N–H and O–H groups in total. The number of rotatable bonds is 7. The van der Waals surface area contributed by atoms with Crippen LogP contribution in [-0.4, -0.2) is 22.3 Å². The van der Waals surface area contributed by atoms with Crippen LogP contribution in [0.2, 0.25) is 5.02 Å². The first-order valence-corrected chi connectivity index (χ1v) is 7.12. The lowest BCUT2D eigenvalue weighted by Crippen LogP contribution is -2.33. The summed E-state index contributed by atoms with van der Waals surface area (Å²) in [6, 6.07) is 7.50. The number of benzene rings is 1. The lowest BCUT2D eigenvalue weighted by atomic mass is 10.2. The highest BCUT2D eigenvalue weighted by Crippen LogP contribution is 2.12. The summed E-state index contributed by atoms with van der Waals surface area (Å²) >= 11 is 10.7. The maximum Gasteiger partial charge on any atom is 0.222 e. The van der Waals surface area contributed by atoms with Crippen LogP contribution < -0.4 is 5.73 Å². The zero-order valence-corrected chi connectivity index (χ0v) is 12.6. The summed E-state index contributed by atoms with van der Waals surface area (Å²) in [6.45, 7) is 3.13. The fourth-order valence-electron chi connectivity index (χ4n) is 1.72. The maximum atomic E-state index is 12.0. The van der Waals surface area contributed by atoms with Crippen LogP contribution in [0.15, 0.2) is 24.3 Å². The van der Waals surface area contributed by atoms with Crippen LogP contribution in [0.5, 0.6) is 0 Å².